The van der Waals surface area contributed by atoms with E-state index in [4.69, 9.17) is 0 Å². The quantitative estimate of drug-likeness (QED) is 0.559. The van der Waals surface area contributed by atoms with E-state index in [9.17, 15) is 14.4 Å². The Morgan fingerprint density at radius 1 is 0.900 bits per heavy atom. The molecule has 1 aliphatic rings. The molecule has 0 fully saturated rings. The van der Waals surface area contributed by atoms with Crippen LogP contribution >= 0.6 is 0 Å². The molecular weight excluding hydrogens is 386 g/mol. The van der Waals surface area contributed by atoms with Gasteiger partial charge in [0, 0.05) is 18.4 Å². The van der Waals surface area contributed by atoms with Crippen molar-refractivity contribution in [1.29, 1.82) is 0 Å². The number of para-hydroxylation sites is 1. The molecule has 0 aliphatic carbocycles. The molecular formula is C20H17N7O3. The van der Waals surface area contributed by atoms with E-state index < -0.39 is 11.8 Å². The van der Waals surface area contributed by atoms with Gasteiger partial charge in [-0.2, -0.15) is 5.10 Å². The van der Waals surface area contributed by atoms with Gasteiger partial charge >= 0.3 is 5.91 Å². The summed E-state index contributed by atoms with van der Waals surface area (Å²) in [5.41, 5.74) is 8.40. The third-order valence-electron chi connectivity index (χ3n) is 4.30. The van der Waals surface area contributed by atoms with Gasteiger partial charge in [-0.1, -0.05) is 48.5 Å². The van der Waals surface area contributed by atoms with Crippen molar-refractivity contribution in [2.24, 2.45) is 5.10 Å². The van der Waals surface area contributed by atoms with Crippen LogP contribution in [0.5, 0.6) is 0 Å². The lowest BCUT2D eigenvalue weighted by molar-refractivity contribution is -0.121. The predicted molar refractivity (Wildman–Crippen MR) is 107 cm³/mol. The number of hydrazone groups is 1. The molecule has 0 spiro atoms. The molecule has 1 aliphatic heterocycles. The monoisotopic (exact) mass is 403 g/mol. The largest absolute Gasteiger partial charge is 0.309 e. The maximum atomic E-state index is 12.5. The third-order valence-corrected chi connectivity index (χ3v) is 4.30. The number of hydrogen-bond donors (Lipinski definition) is 3. The van der Waals surface area contributed by atoms with Crippen LogP contribution in [-0.2, 0) is 9.59 Å². The number of hydrogen-bond acceptors (Lipinski definition) is 6. The lowest BCUT2D eigenvalue weighted by atomic mass is 10.2. The van der Waals surface area contributed by atoms with Gasteiger partial charge in [0.1, 0.15) is 5.71 Å². The first kappa shape index (κ1) is 19.0. The van der Waals surface area contributed by atoms with Crippen LogP contribution in [0.1, 0.15) is 23.5 Å². The number of carbonyl (C=O) groups excluding carboxylic acids is 3. The Balaban J connectivity index is 1.55. The van der Waals surface area contributed by atoms with Crippen LogP contribution in [0.25, 0.3) is 17.1 Å². The average molecular weight is 403 g/mol. The second-order valence-electron chi connectivity index (χ2n) is 6.37. The summed E-state index contributed by atoms with van der Waals surface area (Å²) in [6.45, 7) is 0. The fourth-order valence-corrected chi connectivity index (χ4v) is 2.81. The van der Waals surface area contributed by atoms with Crippen LogP contribution in [0.3, 0.4) is 0 Å². The highest BCUT2D eigenvalue weighted by molar-refractivity contribution is 6.39. The van der Waals surface area contributed by atoms with E-state index in [0.29, 0.717) is 5.82 Å². The maximum absolute atomic E-state index is 12.5. The molecule has 0 bridgehead atoms. The minimum Gasteiger partial charge on any atom is -0.273 e. The maximum Gasteiger partial charge on any atom is 0.309 e. The summed E-state index contributed by atoms with van der Waals surface area (Å²) in [6, 6.07) is 18.6. The fourth-order valence-electron chi connectivity index (χ4n) is 2.81. The van der Waals surface area contributed by atoms with Gasteiger partial charge in [-0.15, -0.1) is 5.10 Å². The molecule has 30 heavy (non-hydrogen) atoms. The molecule has 150 valence electrons. The van der Waals surface area contributed by atoms with E-state index in [-0.39, 0.29) is 30.3 Å². The molecule has 3 N–H and O–H groups in total. The zero-order chi connectivity index (χ0) is 20.9. The molecule has 3 aromatic rings. The molecule has 0 unspecified atom stereocenters. The van der Waals surface area contributed by atoms with Crippen molar-refractivity contribution in [2.45, 2.75) is 12.8 Å². The van der Waals surface area contributed by atoms with E-state index in [0.717, 1.165) is 11.3 Å². The summed E-state index contributed by atoms with van der Waals surface area (Å²) in [5, 5.41) is 7.99. The van der Waals surface area contributed by atoms with Gasteiger partial charge in [-0.25, -0.2) is 15.1 Å². The smallest absolute Gasteiger partial charge is 0.273 e. The summed E-state index contributed by atoms with van der Waals surface area (Å²) >= 11 is 0. The Bertz CT molecular complexity index is 1070. The van der Waals surface area contributed by atoms with Crippen LogP contribution in [0.15, 0.2) is 65.8 Å². The van der Waals surface area contributed by atoms with E-state index in [2.05, 4.69) is 31.5 Å². The molecule has 10 nitrogen and oxygen atoms in total. The normalized spacial score (nSPS) is 13.2. The first-order valence-corrected chi connectivity index (χ1v) is 9.16. The standard InChI is InChI=1S/C20H17N7O3/c28-16-12-11-15(22-23-16)19(29)24-25-20(30)17-21-18(13-7-3-1-4-8-13)27(26-17)14-9-5-2-6-10-14/h1-10H,11-12H2,(H,23,28)(H,24,29)(H,25,30). The zero-order valence-electron chi connectivity index (χ0n) is 15.7. The lowest BCUT2D eigenvalue weighted by Crippen LogP contribution is -2.46. The number of nitrogens with zero attached hydrogens (tertiary/aromatic N) is 4. The number of rotatable bonds is 4. The number of nitrogens with one attached hydrogen (secondary N) is 3. The number of amides is 3. The lowest BCUT2D eigenvalue weighted by Gasteiger charge is -2.11. The molecule has 0 atom stereocenters. The van der Waals surface area contributed by atoms with E-state index >= 15 is 0 Å². The third kappa shape index (κ3) is 4.07. The highest BCUT2D eigenvalue weighted by Gasteiger charge is 2.21. The van der Waals surface area contributed by atoms with Gasteiger partial charge in [0.15, 0.2) is 5.82 Å². The van der Waals surface area contributed by atoms with Crippen molar-refractivity contribution in [3.05, 3.63) is 66.5 Å². The highest BCUT2D eigenvalue weighted by Crippen LogP contribution is 2.20. The van der Waals surface area contributed by atoms with Crippen molar-refractivity contribution in [2.75, 3.05) is 0 Å². The van der Waals surface area contributed by atoms with Gasteiger partial charge in [-0.3, -0.25) is 25.2 Å². The Morgan fingerprint density at radius 2 is 1.57 bits per heavy atom. The van der Waals surface area contributed by atoms with Gasteiger partial charge in [0.25, 0.3) is 5.91 Å². The molecule has 0 saturated carbocycles. The molecule has 3 amide bonds. The first-order chi connectivity index (χ1) is 14.6. The van der Waals surface area contributed by atoms with Crippen LogP contribution in [-0.4, -0.2) is 38.2 Å². The van der Waals surface area contributed by atoms with Crippen molar-refractivity contribution in [3.8, 4) is 17.1 Å². The number of benzene rings is 2. The first-order valence-electron chi connectivity index (χ1n) is 9.16. The van der Waals surface area contributed by atoms with E-state index in [1.165, 1.54) is 0 Å². The predicted octanol–water partition coefficient (Wildman–Crippen LogP) is 0.961. The molecule has 2 heterocycles. The average Bonchev–Trinajstić information content (AvgIpc) is 3.24. The molecule has 0 saturated heterocycles. The van der Waals surface area contributed by atoms with Gasteiger partial charge < -0.3 is 0 Å². The van der Waals surface area contributed by atoms with Gasteiger partial charge in [-0.05, 0) is 12.1 Å². The van der Waals surface area contributed by atoms with Gasteiger partial charge in [0.2, 0.25) is 11.7 Å². The summed E-state index contributed by atoms with van der Waals surface area (Å²) in [6.07, 6.45) is 0.344. The molecule has 10 heteroatoms. The van der Waals surface area contributed by atoms with Crippen LogP contribution in [0.2, 0.25) is 0 Å². The summed E-state index contributed by atoms with van der Waals surface area (Å²) in [7, 11) is 0. The number of carbonyl (C=O) groups is 3. The number of hydrazine groups is 1. The Labute approximate surface area is 171 Å². The van der Waals surface area contributed by atoms with Crippen molar-refractivity contribution < 1.29 is 14.4 Å². The van der Waals surface area contributed by atoms with Crippen molar-refractivity contribution >= 4 is 23.4 Å². The SMILES string of the molecule is O=C1CCC(C(=O)NNC(=O)c2nc(-c3ccccc3)n(-c3ccccc3)n2)=NN1. The Hall–Kier alpha value is -4.34. The summed E-state index contributed by atoms with van der Waals surface area (Å²) < 4.78 is 1.56. The molecule has 1 aromatic heterocycles. The highest BCUT2D eigenvalue weighted by atomic mass is 16.2. The second-order valence-corrected chi connectivity index (χ2v) is 6.37. The van der Waals surface area contributed by atoms with Crippen LogP contribution in [0.4, 0.5) is 0 Å². The van der Waals surface area contributed by atoms with Crippen molar-refractivity contribution in [3.63, 3.8) is 0 Å². The van der Waals surface area contributed by atoms with E-state index in [1.54, 1.807) is 4.68 Å². The van der Waals surface area contributed by atoms with Gasteiger partial charge in [0.05, 0.1) is 5.69 Å². The Morgan fingerprint density at radius 3 is 2.23 bits per heavy atom. The molecule has 4 rings (SSSR count). The fraction of sp³-hybridized carbons (Fsp3) is 0.100. The molecule has 2 aromatic carbocycles. The van der Waals surface area contributed by atoms with E-state index in [1.807, 2.05) is 60.7 Å². The topological polar surface area (TPSA) is 130 Å². The number of aromatic nitrogens is 3. The molecule has 0 radical (unpaired) electrons. The van der Waals surface area contributed by atoms with Crippen molar-refractivity contribution in [1.82, 2.24) is 31.0 Å². The zero-order valence-corrected chi connectivity index (χ0v) is 15.7. The summed E-state index contributed by atoms with van der Waals surface area (Å²) in [5.74, 6) is -1.20. The summed E-state index contributed by atoms with van der Waals surface area (Å²) in [4.78, 5) is 40.1. The minimum absolute atomic E-state index is 0.114. The minimum atomic E-state index is -0.685. The van der Waals surface area contributed by atoms with Crippen LogP contribution in [0, 0.1) is 0 Å². The Kier molecular flexibility index (Phi) is 5.29. The second kappa shape index (κ2) is 8.35. The van der Waals surface area contributed by atoms with Crippen LogP contribution < -0.4 is 16.3 Å².